The molecular formula is C23H20ClN5O2S. The average Bonchev–Trinajstić information content (AvgIpc) is 3.08. The first-order valence-corrected chi connectivity index (χ1v) is 11.0. The second kappa shape index (κ2) is 9.52. The molecular weight excluding hydrogens is 446 g/mol. The van der Waals surface area contributed by atoms with Gasteiger partial charge in [-0.25, -0.2) is 4.99 Å². The number of carbonyl (C=O) groups is 2. The summed E-state index contributed by atoms with van der Waals surface area (Å²) in [6, 6.07) is 14.7. The molecule has 0 spiro atoms. The second-order valence-corrected chi connectivity index (χ2v) is 8.83. The number of benzene rings is 2. The van der Waals surface area contributed by atoms with Crippen LogP contribution >= 0.6 is 23.4 Å². The summed E-state index contributed by atoms with van der Waals surface area (Å²) in [4.78, 5) is 35.6. The van der Waals surface area contributed by atoms with Crippen LogP contribution in [0.4, 0.5) is 11.4 Å². The van der Waals surface area contributed by atoms with E-state index in [2.05, 4.69) is 20.6 Å². The van der Waals surface area contributed by atoms with Gasteiger partial charge >= 0.3 is 0 Å². The van der Waals surface area contributed by atoms with Crippen molar-refractivity contribution in [2.75, 3.05) is 26.0 Å². The SMILES string of the molecule is CN(C)CC(=O)Nc1ccc(Cl)c(N=C2NC(=O)/C(=C\c3ccc4ncccc4c3)S2)c1. The summed E-state index contributed by atoms with van der Waals surface area (Å²) in [5, 5.41) is 7.41. The van der Waals surface area contributed by atoms with Crippen molar-refractivity contribution in [2.45, 2.75) is 0 Å². The molecule has 1 fully saturated rings. The topological polar surface area (TPSA) is 86.7 Å². The molecule has 0 unspecified atom stereocenters. The summed E-state index contributed by atoms with van der Waals surface area (Å²) < 4.78 is 0. The minimum atomic E-state index is -0.230. The lowest BCUT2D eigenvalue weighted by Crippen LogP contribution is -2.27. The molecule has 2 heterocycles. The maximum Gasteiger partial charge on any atom is 0.264 e. The van der Waals surface area contributed by atoms with Crippen LogP contribution in [0.1, 0.15) is 5.56 Å². The van der Waals surface area contributed by atoms with Gasteiger partial charge in [0.25, 0.3) is 5.91 Å². The summed E-state index contributed by atoms with van der Waals surface area (Å²) >= 11 is 7.52. The summed E-state index contributed by atoms with van der Waals surface area (Å²) in [5.74, 6) is -0.373. The van der Waals surface area contributed by atoms with Crippen molar-refractivity contribution in [2.24, 2.45) is 4.99 Å². The van der Waals surface area contributed by atoms with Crippen LogP contribution in [0.15, 0.2) is 64.6 Å². The number of aliphatic imine (C=N–C) groups is 1. The Hall–Kier alpha value is -3.20. The van der Waals surface area contributed by atoms with Gasteiger partial charge in [-0.1, -0.05) is 23.7 Å². The Bertz CT molecular complexity index is 1270. The molecule has 1 aliphatic heterocycles. The maximum atomic E-state index is 12.5. The van der Waals surface area contributed by atoms with E-state index in [9.17, 15) is 9.59 Å². The minimum Gasteiger partial charge on any atom is -0.325 e. The lowest BCUT2D eigenvalue weighted by atomic mass is 10.1. The number of amides is 2. The van der Waals surface area contributed by atoms with Gasteiger partial charge < -0.3 is 15.5 Å². The van der Waals surface area contributed by atoms with Crippen molar-refractivity contribution in [1.82, 2.24) is 15.2 Å². The largest absolute Gasteiger partial charge is 0.325 e. The van der Waals surface area contributed by atoms with Crippen LogP contribution < -0.4 is 10.6 Å². The predicted molar refractivity (Wildman–Crippen MR) is 131 cm³/mol. The Morgan fingerprint density at radius 3 is 2.91 bits per heavy atom. The molecule has 162 valence electrons. The summed E-state index contributed by atoms with van der Waals surface area (Å²) in [7, 11) is 3.64. The molecule has 7 nitrogen and oxygen atoms in total. The second-order valence-electron chi connectivity index (χ2n) is 7.39. The monoisotopic (exact) mass is 465 g/mol. The van der Waals surface area contributed by atoms with Gasteiger partial charge in [0.15, 0.2) is 5.17 Å². The number of pyridine rings is 1. The van der Waals surface area contributed by atoms with Crippen LogP contribution in [0.3, 0.4) is 0 Å². The summed E-state index contributed by atoms with van der Waals surface area (Å²) in [5.41, 5.74) is 2.83. The van der Waals surface area contributed by atoms with E-state index in [1.807, 2.05) is 50.5 Å². The average molecular weight is 466 g/mol. The van der Waals surface area contributed by atoms with Gasteiger partial charge in [0, 0.05) is 17.3 Å². The van der Waals surface area contributed by atoms with E-state index in [-0.39, 0.29) is 18.4 Å². The fraction of sp³-hybridized carbons (Fsp3) is 0.130. The van der Waals surface area contributed by atoms with Crippen LogP contribution in [0.5, 0.6) is 0 Å². The van der Waals surface area contributed by atoms with Crippen molar-refractivity contribution < 1.29 is 9.59 Å². The van der Waals surface area contributed by atoms with Gasteiger partial charge in [-0.2, -0.15) is 0 Å². The number of fused-ring (bicyclic) bond motifs is 1. The number of carbonyl (C=O) groups excluding carboxylic acids is 2. The highest BCUT2D eigenvalue weighted by Gasteiger charge is 2.24. The van der Waals surface area contributed by atoms with Crippen molar-refractivity contribution >= 4 is 68.7 Å². The highest BCUT2D eigenvalue weighted by Crippen LogP contribution is 2.33. The smallest absolute Gasteiger partial charge is 0.264 e. The number of anilines is 1. The number of amidine groups is 1. The number of nitrogens with zero attached hydrogens (tertiary/aromatic N) is 3. The van der Waals surface area contributed by atoms with E-state index < -0.39 is 0 Å². The van der Waals surface area contributed by atoms with Crippen molar-refractivity contribution in [3.8, 4) is 0 Å². The molecule has 0 aliphatic carbocycles. The zero-order chi connectivity index (χ0) is 22.7. The quantitative estimate of drug-likeness (QED) is 0.549. The van der Waals surface area contributed by atoms with Gasteiger partial charge in [-0.05, 0) is 73.9 Å². The first kappa shape index (κ1) is 22.0. The van der Waals surface area contributed by atoms with Crippen LogP contribution in [-0.4, -0.2) is 47.5 Å². The zero-order valence-electron chi connectivity index (χ0n) is 17.4. The van der Waals surface area contributed by atoms with Gasteiger partial charge in [-0.15, -0.1) is 0 Å². The van der Waals surface area contributed by atoms with E-state index in [0.29, 0.717) is 26.5 Å². The number of nitrogens with one attached hydrogen (secondary N) is 2. The van der Waals surface area contributed by atoms with Gasteiger partial charge in [0.1, 0.15) is 0 Å². The first-order valence-electron chi connectivity index (χ1n) is 9.76. The Kier molecular flexibility index (Phi) is 6.55. The van der Waals surface area contributed by atoms with Gasteiger partial charge in [0.2, 0.25) is 5.91 Å². The lowest BCUT2D eigenvalue weighted by Gasteiger charge is -2.11. The van der Waals surface area contributed by atoms with Crippen LogP contribution in [0.25, 0.3) is 17.0 Å². The molecule has 0 saturated carbocycles. The third-order valence-corrected chi connectivity index (χ3v) is 5.72. The molecule has 1 saturated heterocycles. The Morgan fingerprint density at radius 1 is 1.25 bits per heavy atom. The van der Waals surface area contributed by atoms with Crippen LogP contribution in [-0.2, 0) is 9.59 Å². The Labute approximate surface area is 194 Å². The molecule has 1 aromatic heterocycles. The van der Waals surface area contributed by atoms with Crippen LogP contribution in [0.2, 0.25) is 5.02 Å². The number of thioether (sulfide) groups is 1. The lowest BCUT2D eigenvalue weighted by molar-refractivity contribution is -0.117. The van der Waals surface area contributed by atoms with Crippen molar-refractivity contribution in [3.05, 3.63) is 70.2 Å². The van der Waals surface area contributed by atoms with Crippen molar-refractivity contribution in [1.29, 1.82) is 0 Å². The van der Waals surface area contributed by atoms with Gasteiger partial charge in [0.05, 0.1) is 27.7 Å². The maximum absolute atomic E-state index is 12.5. The summed E-state index contributed by atoms with van der Waals surface area (Å²) in [6.07, 6.45) is 3.56. The third kappa shape index (κ3) is 5.34. The fourth-order valence-corrected chi connectivity index (χ4v) is 4.08. The highest BCUT2D eigenvalue weighted by molar-refractivity contribution is 8.18. The molecule has 2 aromatic carbocycles. The minimum absolute atomic E-state index is 0.143. The molecule has 3 aromatic rings. The normalized spacial score (nSPS) is 16.2. The Morgan fingerprint density at radius 2 is 2.09 bits per heavy atom. The molecule has 0 radical (unpaired) electrons. The molecule has 0 atom stereocenters. The Balaban J connectivity index is 1.54. The number of hydrogen-bond donors (Lipinski definition) is 2. The van der Waals surface area contributed by atoms with E-state index in [4.69, 9.17) is 11.6 Å². The molecule has 2 N–H and O–H groups in total. The van der Waals surface area contributed by atoms with E-state index in [0.717, 1.165) is 16.5 Å². The molecule has 2 amide bonds. The number of hydrogen-bond acceptors (Lipinski definition) is 6. The summed E-state index contributed by atoms with van der Waals surface area (Å²) in [6.45, 7) is 0.261. The third-order valence-electron chi connectivity index (χ3n) is 4.49. The van der Waals surface area contributed by atoms with Crippen molar-refractivity contribution in [3.63, 3.8) is 0 Å². The predicted octanol–water partition coefficient (Wildman–Crippen LogP) is 4.28. The zero-order valence-corrected chi connectivity index (χ0v) is 19.0. The number of aromatic nitrogens is 1. The molecule has 4 rings (SSSR count). The van der Waals surface area contributed by atoms with Gasteiger partial charge in [-0.3, -0.25) is 14.6 Å². The number of likely N-dealkylation sites (N-methyl/N-ethyl adjacent to an activating group) is 1. The molecule has 0 bridgehead atoms. The molecule has 32 heavy (non-hydrogen) atoms. The number of rotatable bonds is 5. The van der Waals surface area contributed by atoms with E-state index >= 15 is 0 Å². The molecule has 1 aliphatic rings. The highest BCUT2D eigenvalue weighted by atomic mass is 35.5. The van der Waals surface area contributed by atoms with E-state index in [1.54, 1.807) is 29.3 Å². The standard InChI is InChI=1S/C23H20ClN5O2S/c1-29(2)13-21(30)26-16-6-7-17(24)19(12-16)27-23-28-22(31)20(32-23)11-14-5-8-18-15(10-14)4-3-9-25-18/h3-12H,13H2,1-2H3,(H,26,30)(H,27,28,31)/b20-11+. The fourth-order valence-electron chi connectivity index (χ4n) is 3.09. The molecule has 9 heteroatoms. The van der Waals surface area contributed by atoms with Crippen LogP contribution in [0, 0.1) is 0 Å². The number of halogens is 1. The van der Waals surface area contributed by atoms with E-state index in [1.165, 1.54) is 11.8 Å². The first-order chi connectivity index (χ1) is 15.4.